The lowest BCUT2D eigenvalue weighted by Gasteiger charge is -2.33. The summed E-state index contributed by atoms with van der Waals surface area (Å²) < 4.78 is 0. The van der Waals surface area contributed by atoms with Crippen molar-refractivity contribution in [2.24, 2.45) is 0 Å². The van der Waals surface area contributed by atoms with Gasteiger partial charge >= 0.3 is 0 Å². The van der Waals surface area contributed by atoms with Crippen LogP contribution < -0.4 is 5.32 Å². The van der Waals surface area contributed by atoms with Crippen LogP contribution in [0.4, 0.5) is 0 Å². The molecule has 1 rings (SSSR count). The van der Waals surface area contributed by atoms with Gasteiger partial charge < -0.3 is 5.32 Å². The zero-order valence-corrected chi connectivity index (χ0v) is 12.6. The first kappa shape index (κ1) is 14.7. The molecule has 1 fully saturated rings. The summed E-state index contributed by atoms with van der Waals surface area (Å²) in [5.41, 5.74) is 0. The molecule has 3 unspecified atom stereocenters. The third-order valence-electron chi connectivity index (χ3n) is 3.40. The average Bonchev–Trinajstić information content (AvgIpc) is 2.30. The van der Waals surface area contributed by atoms with Crippen LogP contribution in [0.25, 0.3) is 0 Å². The second-order valence-electron chi connectivity index (χ2n) is 4.72. The van der Waals surface area contributed by atoms with Crippen molar-refractivity contribution < 1.29 is 0 Å². The third kappa shape index (κ3) is 5.33. The van der Waals surface area contributed by atoms with Gasteiger partial charge in [0, 0.05) is 17.3 Å². The molecule has 0 heterocycles. The van der Waals surface area contributed by atoms with E-state index in [9.17, 15) is 0 Å². The summed E-state index contributed by atoms with van der Waals surface area (Å²) in [5.74, 6) is 2.56. The van der Waals surface area contributed by atoms with Gasteiger partial charge in [0.05, 0.1) is 0 Å². The highest BCUT2D eigenvalue weighted by atomic mass is 32.2. The molecule has 1 N–H and O–H groups in total. The first-order valence-electron chi connectivity index (χ1n) is 6.64. The molecular formula is C13H27NS2. The first-order chi connectivity index (χ1) is 7.77. The summed E-state index contributed by atoms with van der Waals surface area (Å²) in [7, 11) is 0. The molecule has 1 saturated carbocycles. The van der Waals surface area contributed by atoms with Crippen LogP contribution in [-0.2, 0) is 0 Å². The van der Waals surface area contributed by atoms with E-state index in [0.717, 1.165) is 11.3 Å². The zero-order valence-electron chi connectivity index (χ0n) is 11.0. The van der Waals surface area contributed by atoms with Gasteiger partial charge in [0.1, 0.15) is 0 Å². The highest BCUT2D eigenvalue weighted by Crippen LogP contribution is 2.27. The minimum Gasteiger partial charge on any atom is -0.310 e. The van der Waals surface area contributed by atoms with Crippen molar-refractivity contribution in [2.75, 3.05) is 17.8 Å². The van der Waals surface area contributed by atoms with Crippen molar-refractivity contribution in [1.29, 1.82) is 0 Å². The van der Waals surface area contributed by atoms with Crippen molar-refractivity contribution in [1.82, 2.24) is 5.32 Å². The highest BCUT2D eigenvalue weighted by molar-refractivity contribution is 7.99. The summed E-state index contributed by atoms with van der Waals surface area (Å²) >= 11 is 4.12. The Balaban J connectivity index is 2.22. The van der Waals surface area contributed by atoms with E-state index in [1.807, 2.05) is 0 Å². The van der Waals surface area contributed by atoms with Crippen molar-refractivity contribution in [3.8, 4) is 0 Å². The van der Waals surface area contributed by atoms with Crippen LogP contribution in [0.1, 0.15) is 46.0 Å². The molecule has 0 aromatic heterocycles. The lowest BCUT2D eigenvalue weighted by atomic mass is 9.94. The van der Waals surface area contributed by atoms with E-state index in [4.69, 9.17) is 0 Å². The fraction of sp³-hybridized carbons (Fsp3) is 1.00. The molecule has 1 aliphatic carbocycles. The van der Waals surface area contributed by atoms with Crippen LogP contribution in [0.3, 0.4) is 0 Å². The van der Waals surface area contributed by atoms with Gasteiger partial charge in [-0.05, 0) is 43.9 Å². The van der Waals surface area contributed by atoms with E-state index in [2.05, 4.69) is 48.9 Å². The van der Waals surface area contributed by atoms with Crippen LogP contribution in [0.2, 0.25) is 0 Å². The van der Waals surface area contributed by atoms with Crippen LogP contribution in [0.15, 0.2) is 0 Å². The van der Waals surface area contributed by atoms with Gasteiger partial charge in [-0.3, -0.25) is 0 Å². The summed E-state index contributed by atoms with van der Waals surface area (Å²) in [5, 5.41) is 4.70. The Morgan fingerprint density at radius 2 is 2.06 bits per heavy atom. The minimum atomic E-state index is 0.691. The fourth-order valence-corrected chi connectivity index (χ4v) is 4.18. The first-order valence-corrected chi connectivity index (χ1v) is 9.08. The molecule has 0 bridgehead atoms. The second kappa shape index (κ2) is 8.71. The van der Waals surface area contributed by atoms with Gasteiger partial charge in [0.2, 0.25) is 0 Å². The third-order valence-corrected chi connectivity index (χ3v) is 5.51. The summed E-state index contributed by atoms with van der Waals surface area (Å²) in [4.78, 5) is 0. The van der Waals surface area contributed by atoms with Crippen LogP contribution in [0.5, 0.6) is 0 Å². The Morgan fingerprint density at radius 3 is 2.75 bits per heavy atom. The van der Waals surface area contributed by atoms with Crippen molar-refractivity contribution >= 4 is 23.5 Å². The normalized spacial score (nSPS) is 27.9. The Hall–Kier alpha value is 0.660. The summed E-state index contributed by atoms with van der Waals surface area (Å²) in [6, 6.07) is 1.46. The van der Waals surface area contributed by atoms with E-state index in [0.29, 0.717) is 6.04 Å². The van der Waals surface area contributed by atoms with E-state index in [1.165, 1.54) is 43.6 Å². The standard InChI is InChI=1S/C13H27NS2/c1-4-16-10-9-11(2)14-12-7-5-6-8-13(12)15-3/h11-14H,4-10H2,1-3H3. The molecule has 0 aromatic rings. The van der Waals surface area contributed by atoms with Gasteiger partial charge in [0.25, 0.3) is 0 Å². The molecule has 1 nitrogen and oxygen atoms in total. The van der Waals surface area contributed by atoms with Gasteiger partial charge in [-0.25, -0.2) is 0 Å². The molecular weight excluding hydrogens is 234 g/mol. The maximum atomic E-state index is 3.84. The Bertz CT molecular complexity index is 175. The molecule has 0 radical (unpaired) electrons. The number of hydrogen-bond acceptors (Lipinski definition) is 3. The monoisotopic (exact) mass is 261 g/mol. The number of nitrogens with one attached hydrogen (secondary N) is 1. The topological polar surface area (TPSA) is 12.0 Å². The molecule has 0 spiro atoms. The molecule has 0 aromatic carbocycles. The molecule has 0 saturated heterocycles. The fourth-order valence-electron chi connectivity index (χ4n) is 2.42. The van der Waals surface area contributed by atoms with Crippen molar-refractivity contribution in [3.63, 3.8) is 0 Å². The van der Waals surface area contributed by atoms with Gasteiger partial charge in [-0.2, -0.15) is 23.5 Å². The van der Waals surface area contributed by atoms with Crippen molar-refractivity contribution in [2.45, 2.75) is 63.3 Å². The second-order valence-corrected chi connectivity index (χ2v) is 7.19. The Kier molecular flexibility index (Phi) is 8.01. The quantitative estimate of drug-likeness (QED) is 0.701. The lowest BCUT2D eigenvalue weighted by Crippen LogP contribution is -2.44. The SMILES string of the molecule is CCSCCC(C)NC1CCCCC1SC. The molecule has 16 heavy (non-hydrogen) atoms. The van der Waals surface area contributed by atoms with Crippen LogP contribution in [-0.4, -0.2) is 35.1 Å². The number of hydrogen-bond donors (Lipinski definition) is 1. The maximum absolute atomic E-state index is 3.84. The van der Waals surface area contributed by atoms with Gasteiger partial charge in [-0.1, -0.05) is 19.8 Å². The zero-order chi connectivity index (χ0) is 11.8. The molecule has 3 heteroatoms. The van der Waals surface area contributed by atoms with Crippen molar-refractivity contribution in [3.05, 3.63) is 0 Å². The average molecular weight is 262 g/mol. The molecule has 3 atom stereocenters. The van der Waals surface area contributed by atoms with Gasteiger partial charge in [-0.15, -0.1) is 0 Å². The van der Waals surface area contributed by atoms with Gasteiger partial charge in [0.15, 0.2) is 0 Å². The maximum Gasteiger partial charge on any atom is 0.0198 e. The Morgan fingerprint density at radius 1 is 1.31 bits per heavy atom. The predicted molar refractivity (Wildman–Crippen MR) is 79.8 cm³/mol. The highest BCUT2D eigenvalue weighted by Gasteiger charge is 2.24. The summed E-state index contributed by atoms with van der Waals surface area (Å²) in [6.07, 6.45) is 9.24. The lowest BCUT2D eigenvalue weighted by molar-refractivity contribution is 0.350. The van der Waals surface area contributed by atoms with E-state index >= 15 is 0 Å². The Labute approximate surface area is 110 Å². The van der Waals surface area contributed by atoms with Crippen LogP contribution in [0, 0.1) is 0 Å². The summed E-state index contributed by atoms with van der Waals surface area (Å²) in [6.45, 7) is 4.59. The smallest absolute Gasteiger partial charge is 0.0198 e. The number of thioether (sulfide) groups is 2. The molecule has 0 aliphatic heterocycles. The largest absolute Gasteiger partial charge is 0.310 e. The van der Waals surface area contributed by atoms with E-state index in [-0.39, 0.29) is 0 Å². The van der Waals surface area contributed by atoms with E-state index in [1.54, 1.807) is 0 Å². The minimum absolute atomic E-state index is 0.691. The number of rotatable bonds is 7. The molecule has 96 valence electrons. The predicted octanol–water partition coefficient (Wildman–Crippen LogP) is 3.78. The molecule has 1 aliphatic rings. The van der Waals surface area contributed by atoms with E-state index < -0.39 is 0 Å². The molecule has 0 amide bonds. The van der Waals surface area contributed by atoms with Crippen LogP contribution >= 0.6 is 23.5 Å².